The molecule has 32 heavy (non-hydrogen) atoms. The molecule has 9 heteroatoms. The largest absolute Gasteiger partial charge is 0.484 e. The van der Waals surface area contributed by atoms with Gasteiger partial charge in [0.15, 0.2) is 6.61 Å². The summed E-state index contributed by atoms with van der Waals surface area (Å²) in [5.41, 5.74) is 0.874. The maximum atomic E-state index is 12.7. The minimum Gasteiger partial charge on any atom is -0.484 e. The number of halogens is 1. The van der Waals surface area contributed by atoms with Gasteiger partial charge < -0.3 is 15.0 Å². The molecule has 0 saturated heterocycles. The van der Waals surface area contributed by atoms with Gasteiger partial charge in [0.05, 0.1) is 0 Å². The van der Waals surface area contributed by atoms with Gasteiger partial charge in [-0.05, 0) is 37.6 Å². The van der Waals surface area contributed by atoms with E-state index in [1.807, 2.05) is 44.2 Å². The quantitative estimate of drug-likeness (QED) is 0.454. The highest BCUT2D eigenvalue weighted by molar-refractivity contribution is 7.18. The number of nitrogens with zero attached hydrogens (tertiary/aromatic N) is 3. The molecule has 0 fully saturated rings. The number of benzene rings is 2. The molecule has 7 nitrogen and oxygen atoms in total. The predicted octanol–water partition coefficient (Wildman–Crippen LogP) is 4.89. The Bertz CT molecular complexity index is 1030. The third-order valence-corrected chi connectivity index (χ3v) is 6.03. The van der Waals surface area contributed by atoms with Crippen molar-refractivity contribution in [3.8, 4) is 16.3 Å². The number of hydrogen-bond acceptors (Lipinski definition) is 6. The molecule has 1 N–H and O–H groups in total. The van der Waals surface area contributed by atoms with Gasteiger partial charge in [-0.1, -0.05) is 60.2 Å². The van der Waals surface area contributed by atoms with Crippen LogP contribution in [0.4, 0.5) is 5.13 Å². The van der Waals surface area contributed by atoms with Crippen molar-refractivity contribution in [2.24, 2.45) is 0 Å². The first kappa shape index (κ1) is 23.7. The molecule has 1 atom stereocenters. The van der Waals surface area contributed by atoms with Gasteiger partial charge in [0.2, 0.25) is 11.0 Å². The first-order valence-electron chi connectivity index (χ1n) is 10.3. The summed E-state index contributed by atoms with van der Waals surface area (Å²) in [4.78, 5) is 26.9. The van der Waals surface area contributed by atoms with Crippen LogP contribution in [-0.2, 0) is 9.59 Å². The molecule has 2 amide bonds. The van der Waals surface area contributed by atoms with E-state index in [4.69, 9.17) is 16.3 Å². The fourth-order valence-electron chi connectivity index (χ4n) is 2.94. The van der Waals surface area contributed by atoms with E-state index >= 15 is 0 Å². The molecule has 1 unspecified atom stereocenters. The maximum Gasteiger partial charge on any atom is 0.260 e. The lowest BCUT2D eigenvalue weighted by molar-refractivity contribution is -0.135. The molecule has 3 rings (SSSR count). The number of carbonyl (C=O) groups is 2. The summed E-state index contributed by atoms with van der Waals surface area (Å²) in [6.07, 6.45) is 0.927. The van der Waals surface area contributed by atoms with Crippen LogP contribution < -0.4 is 10.1 Å². The number of rotatable bonds is 10. The van der Waals surface area contributed by atoms with Crippen molar-refractivity contribution >= 4 is 39.9 Å². The van der Waals surface area contributed by atoms with Crippen LogP contribution in [0.15, 0.2) is 54.6 Å². The maximum absolute atomic E-state index is 12.7. The van der Waals surface area contributed by atoms with Crippen LogP contribution in [0.1, 0.15) is 26.7 Å². The standard InChI is InChI=1S/C23H25ClN4O3S/c1-3-16(2)28(21(30)15-31-19-7-5-4-6-8-19)14-13-20(29)25-23-27-26-22(32-23)17-9-11-18(24)12-10-17/h4-12,16H,3,13-15H2,1-2H3,(H,25,27,29). The van der Waals surface area contributed by atoms with Crippen molar-refractivity contribution in [2.75, 3.05) is 18.5 Å². The fourth-order valence-corrected chi connectivity index (χ4v) is 3.83. The molecule has 0 saturated carbocycles. The van der Waals surface area contributed by atoms with Gasteiger partial charge in [0, 0.05) is 29.6 Å². The van der Waals surface area contributed by atoms with Crippen molar-refractivity contribution in [3.05, 3.63) is 59.6 Å². The van der Waals surface area contributed by atoms with Gasteiger partial charge in [-0.15, -0.1) is 10.2 Å². The highest BCUT2D eigenvalue weighted by Gasteiger charge is 2.21. The van der Waals surface area contributed by atoms with Gasteiger partial charge in [0.1, 0.15) is 10.8 Å². The molecule has 1 heterocycles. The predicted molar refractivity (Wildman–Crippen MR) is 127 cm³/mol. The summed E-state index contributed by atoms with van der Waals surface area (Å²) >= 11 is 7.19. The van der Waals surface area contributed by atoms with E-state index in [1.165, 1.54) is 11.3 Å². The fraction of sp³-hybridized carbons (Fsp3) is 0.304. The van der Waals surface area contributed by atoms with E-state index in [2.05, 4.69) is 15.5 Å². The lowest BCUT2D eigenvalue weighted by Crippen LogP contribution is -2.42. The first-order chi connectivity index (χ1) is 15.5. The van der Waals surface area contributed by atoms with Crippen molar-refractivity contribution in [3.63, 3.8) is 0 Å². The lowest BCUT2D eigenvalue weighted by Gasteiger charge is -2.28. The van der Waals surface area contributed by atoms with Gasteiger partial charge in [-0.2, -0.15) is 0 Å². The van der Waals surface area contributed by atoms with Crippen LogP contribution in [0, 0.1) is 0 Å². The smallest absolute Gasteiger partial charge is 0.260 e. The molecule has 0 aliphatic carbocycles. The van der Waals surface area contributed by atoms with Gasteiger partial charge >= 0.3 is 0 Å². The molecule has 1 aromatic heterocycles. The second-order valence-electron chi connectivity index (χ2n) is 7.16. The Morgan fingerprint density at radius 2 is 1.84 bits per heavy atom. The van der Waals surface area contributed by atoms with Crippen LogP contribution >= 0.6 is 22.9 Å². The van der Waals surface area contributed by atoms with Crippen molar-refractivity contribution in [2.45, 2.75) is 32.7 Å². The molecule has 0 aliphatic heterocycles. The normalized spacial score (nSPS) is 11.6. The van der Waals surface area contributed by atoms with Crippen molar-refractivity contribution in [1.82, 2.24) is 15.1 Å². The Hall–Kier alpha value is -2.97. The third kappa shape index (κ3) is 6.77. The summed E-state index contributed by atoms with van der Waals surface area (Å²) in [7, 11) is 0. The number of carbonyl (C=O) groups excluding carboxylic acids is 2. The molecule has 168 valence electrons. The zero-order chi connectivity index (χ0) is 22.9. The zero-order valence-electron chi connectivity index (χ0n) is 18.0. The number of aromatic nitrogens is 2. The van der Waals surface area contributed by atoms with Crippen LogP contribution in [0.3, 0.4) is 0 Å². The van der Waals surface area contributed by atoms with Crippen molar-refractivity contribution in [1.29, 1.82) is 0 Å². The Morgan fingerprint density at radius 1 is 1.12 bits per heavy atom. The van der Waals surface area contributed by atoms with E-state index in [-0.39, 0.29) is 30.9 Å². The number of amides is 2. The molecular weight excluding hydrogens is 448 g/mol. The molecule has 2 aromatic carbocycles. The lowest BCUT2D eigenvalue weighted by atomic mass is 10.2. The van der Waals surface area contributed by atoms with E-state index in [9.17, 15) is 9.59 Å². The summed E-state index contributed by atoms with van der Waals surface area (Å²) in [5, 5.41) is 12.7. The Morgan fingerprint density at radius 3 is 2.53 bits per heavy atom. The average Bonchev–Trinajstić information content (AvgIpc) is 3.27. The van der Waals surface area contributed by atoms with E-state index in [0.29, 0.717) is 27.5 Å². The summed E-state index contributed by atoms with van der Waals surface area (Å²) in [6, 6.07) is 16.4. The Labute approximate surface area is 196 Å². The third-order valence-electron chi connectivity index (χ3n) is 4.89. The van der Waals surface area contributed by atoms with Crippen LogP contribution in [-0.4, -0.2) is 46.1 Å². The molecule has 3 aromatic rings. The highest BCUT2D eigenvalue weighted by Crippen LogP contribution is 2.27. The van der Waals surface area contributed by atoms with Gasteiger partial charge in [0.25, 0.3) is 5.91 Å². The van der Waals surface area contributed by atoms with Crippen molar-refractivity contribution < 1.29 is 14.3 Å². The first-order valence-corrected chi connectivity index (χ1v) is 11.5. The topological polar surface area (TPSA) is 84.4 Å². The second kappa shape index (κ2) is 11.6. The monoisotopic (exact) mass is 472 g/mol. The minimum atomic E-state index is -0.228. The van der Waals surface area contributed by atoms with Gasteiger partial charge in [-0.3, -0.25) is 9.59 Å². The SMILES string of the molecule is CCC(C)N(CCC(=O)Nc1nnc(-c2ccc(Cl)cc2)s1)C(=O)COc1ccccc1. The second-order valence-corrected chi connectivity index (χ2v) is 8.58. The number of ether oxygens (including phenoxy) is 1. The number of hydrogen-bond donors (Lipinski definition) is 1. The minimum absolute atomic E-state index is 0.00675. The van der Waals surface area contributed by atoms with Crippen LogP contribution in [0.2, 0.25) is 5.02 Å². The molecule has 0 radical (unpaired) electrons. The molecule has 0 bridgehead atoms. The van der Waals surface area contributed by atoms with Crippen LogP contribution in [0.25, 0.3) is 10.6 Å². The Balaban J connectivity index is 1.53. The van der Waals surface area contributed by atoms with Crippen LogP contribution in [0.5, 0.6) is 5.75 Å². The number of nitrogens with one attached hydrogen (secondary N) is 1. The number of para-hydroxylation sites is 1. The molecular formula is C23H25ClN4O3S. The molecule has 0 spiro atoms. The molecule has 0 aliphatic rings. The van der Waals surface area contributed by atoms with Gasteiger partial charge in [-0.25, -0.2) is 0 Å². The Kier molecular flexibility index (Phi) is 8.58. The summed E-state index contributed by atoms with van der Waals surface area (Å²) in [5.74, 6) is 0.251. The van der Waals surface area contributed by atoms with E-state index < -0.39 is 0 Å². The van der Waals surface area contributed by atoms with E-state index in [0.717, 1.165) is 12.0 Å². The number of anilines is 1. The average molecular weight is 473 g/mol. The zero-order valence-corrected chi connectivity index (χ0v) is 19.5. The van der Waals surface area contributed by atoms with E-state index in [1.54, 1.807) is 29.2 Å². The summed E-state index contributed by atoms with van der Waals surface area (Å²) < 4.78 is 5.58. The summed E-state index contributed by atoms with van der Waals surface area (Å²) in [6.45, 7) is 4.18. The highest BCUT2D eigenvalue weighted by atomic mass is 35.5.